The fourth-order valence-corrected chi connectivity index (χ4v) is 4.86. The molecule has 1 nitrogen and oxygen atoms in total. The first-order valence-corrected chi connectivity index (χ1v) is 8.72. The van der Waals surface area contributed by atoms with Gasteiger partial charge in [0.1, 0.15) is 0 Å². The summed E-state index contributed by atoms with van der Waals surface area (Å²) < 4.78 is 0. The van der Waals surface area contributed by atoms with Crippen LogP contribution in [0.15, 0.2) is 29.2 Å². The lowest BCUT2D eigenvalue weighted by molar-refractivity contribution is 0.194. The minimum absolute atomic E-state index is 0.676. The Bertz CT molecular complexity index is 423. The number of thioether (sulfide) groups is 1. The summed E-state index contributed by atoms with van der Waals surface area (Å²) in [6.45, 7) is 6.08. The van der Waals surface area contributed by atoms with Gasteiger partial charge in [0.25, 0.3) is 0 Å². The summed E-state index contributed by atoms with van der Waals surface area (Å²) in [6, 6.07) is 8.93. The molecule has 0 aliphatic carbocycles. The standard InChI is InChI=1S/C15H20BrNS/c1-11-6-7-17(9-14(11)16)8-12-10-18-15-5-3-2-4-13(12)15/h2-5,11-12,14H,6-10H2,1H3. The third-order valence-electron chi connectivity index (χ3n) is 4.23. The van der Waals surface area contributed by atoms with E-state index in [0.29, 0.717) is 4.83 Å². The summed E-state index contributed by atoms with van der Waals surface area (Å²) in [4.78, 5) is 4.83. The van der Waals surface area contributed by atoms with Crippen LogP contribution in [-0.2, 0) is 0 Å². The Morgan fingerprint density at radius 1 is 1.39 bits per heavy atom. The van der Waals surface area contributed by atoms with Crippen LogP contribution < -0.4 is 0 Å². The van der Waals surface area contributed by atoms with Crippen LogP contribution in [0.1, 0.15) is 24.8 Å². The minimum Gasteiger partial charge on any atom is -0.302 e. The number of likely N-dealkylation sites (tertiary alicyclic amines) is 1. The van der Waals surface area contributed by atoms with E-state index in [1.807, 2.05) is 11.8 Å². The molecular weight excluding hydrogens is 306 g/mol. The van der Waals surface area contributed by atoms with E-state index in [4.69, 9.17) is 0 Å². The molecule has 18 heavy (non-hydrogen) atoms. The summed E-state index contributed by atoms with van der Waals surface area (Å²) in [5, 5.41) is 0. The summed E-state index contributed by atoms with van der Waals surface area (Å²) in [6.07, 6.45) is 1.33. The first-order chi connectivity index (χ1) is 8.74. The molecule has 3 rings (SSSR count). The molecule has 1 saturated heterocycles. The average molecular weight is 326 g/mol. The van der Waals surface area contributed by atoms with E-state index in [2.05, 4.69) is 52.0 Å². The van der Waals surface area contributed by atoms with Gasteiger partial charge in [0.15, 0.2) is 0 Å². The van der Waals surface area contributed by atoms with Crippen LogP contribution in [0.3, 0.4) is 0 Å². The lowest BCUT2D eigenvalue weighted by Crippen LogP contribution is -2.42. The monoisotopic (exact) mass is 325 g/mol. The van der Waals surface area contributed by atoms with Crippen molar-refractivity contribution in [3.8, 4) is 0 Å². The maximum Gasteiger partial charge on any atom is 0.0299 e. The van der Waals surface area contributed by atoms with Gasteiger partial charge in [-0.15, -0.1) is 11.8 Å². The molecule has 0 spiro atoms. The fourth-order valence-electron chi connectivity index (χ4n) is 2.94. The zero-order valence-corrected chi connectivity index (χ0v) is 13.2. The third kappa shape index (κ3) is 2.63. The largest absolute Gasteiger partial charge is 0.302 e. The second kappa shape index (κ2) is 5.56. The number of nitrogens with zero attached hydrogens (tertiary/aromatic N) is 1. The van der Waals surface area contributed by atoms with Gasteiger partial charge >= 0.3 is 0 Å². The van der Waals surface area contributed by atoms with Crippen LogP contribution in [-0.4, -0.2) is 35.1 Å². The molecule has 0 N–H and O–H groups in total. The summed E-state index contributed by atoms with van der Waals surface area (Å²) in [5.41, 5.74) is 1.58. The molecule has 3 unspecified atom stereocenters. The molecular formula is C15H20BrNS. The lowest BCUT2D eigenvalue weighted by atomic mass is 9.96. The SMILES string of the molecule is CC1CCN(CC2CSc3ccccc32)CC1Br. The highest BCUT2D eigenvalue weighted by molar-refractivity contribution is 9.09. The Morgan fingerprint density at radius 3 is 3.06 bits per heavy atom. The lowest BCUT2D eigenvalue weighted by Gasteiger charge is -2.35. The number of benzene rings is 1. The Morgan fingerprint density at radius 2 is 2.22 bits per heavy atom. The topological polar surface area (TPSA) is 3.24 Å². The summed E-state index contributed by atoms with van der Waals surface area (Å²) in [7, 11) is 0. The van der Waals surface area contributed by atoms with Crippen LogP contribution in [0.2, 0.25) is 0 Å². The maximum atomic E-state index is 3.83. The van der Waals surface area contributed by atoms with Gasteiger partial charge < -0.3 is 4.90 Å². The van der Waals surface area contributed by atoms with Crippen LogP contribution in [0, 0.1) is 5.92 Å². The van der Waals surface area contributed by atoms with Gasteiger partial charge in [-0.25, -0.2) is 0 Å². The van der Waals surface area contributed by atoms with E-state index in [9.17, 15) is 0 Å². The highest BCUT2D eigenvalue weighted by Gasteiger charge is 2.29. The van der Waals surface area contributed by atoms with Gasteiger partial charge in [0.2, 0.25) is 0 Å². The molecule has 0 saturated carbocycles. The van der Waals surface area contributed by atoms with E-state index in [1.54, 1.807) is 5.56 Å². The molecule has 2 aliphatic heterocycles. The molecule has 0 bridgehead atoms. The predicted molar refractivity (Wildman–Crippen MR) is 82.8 cm³/mol. The molecule has 0 amide bonds. The number of halogens is 1. The van der Waals surface area contributed by atoms with Crippen molar-refractivity contribution in [1.29, 1.82) is 0 Å². The van der Waals surface area contributed by atoms with Crippen molar-refractivity contribution in [2.45, 2.75) is 29.0 Å². The summed E-state index contributed by atoms with van der Waals surface area (Å²) >= 11 is 5.86. The average Bonchev–Trinajstić information content (AvgIpc) is 2.78. The number of alkyl halides is 1. The molecule has 2 heterocycles. The Hall–Kier alpha value is 0.01000. The Balaban J connectivity index is 1.65. The van der Waals surface area contributed by atoms with Crippen molar-refractivity contribution >= 4 is 27.7 Å². The smallest absolute Gasteiger partial charge is 0.0299 e. The van der Waals surface area contributed by atoms with Crippen LogP contribution in [0.4, 0.5) is 0 Å². The number of hydrogen-bond acceptors (Lipinski definition) is 2. The molecule has 1 aromatic rings. The minimum atomic E-state index is 0.676. The van der Waals surface area contributed by atoms with Crippen molar-refractivity contribution < 1.29 is 0 Å². The van der Waals surface area contributed by atoms with E-state index < -0.39 is 0 Å². The predicted octanol–water partition coefficient (Wildman–Crippen LogP) is 3.98. The second-order valence-corrected chi connectivity index (χ2v) is 7.83. The van der Waals surface area contributed by atoms with Crippen molar-refractivity contribution in [1.82, 2.24) is 4.90 Å². The Kier molecular flexibility index (Phi) is 4.02. The van der Waals surface area contributed by atoms with Crippen molar-refractivity contribution in [2.75, 3.05) is 25.4 Å². The molecule has 2 aliphatic rings. The van der Waals surface area contributed by atoms with Crippen molar-refractivity contribution in [3.63, 3.8) is 0 Å². The molecule has 1 aromatic carbocycles. The molecule has 3 atom stereocenters. The highest BCUT2D eigenvalue weighted by Crippen LogP contribution is 2.40. The fraction of sp³-hybridized carbons (Fsp3) is 0.600. The molecule has 1 fully saturated rings. The van der Waals surface area contributed by atoms with Gasteiger partial charge in [-0.2, -0.15) is 0 Å². The first-order valence-electron chi connectivity index (χ1n) is 6.82. The van der Waals surface area contributed by atoms with E-state index in [0.717, 1.165) is 11.8 Å². The van der Waals surface area contributed by atoms with Crippen molar-refractivity contribution in [2.24, 2.45) is 5.92 Å². The van der Waals surface area contributed by atoms with Crippen LogP contribution >= 0.6 is 27.7 Å². The summed E-state index contributed by atoms with van der Waals surface area (Å²) in [5.74, 6) is 2.82. The quantitative estimate of drug-likeness (QED) is 0.756. The van der Waals surface area contributed by atoms with Crippen molar-refractivity contribution in [3.05, 3.63) is 29.8 Å². The maximum absolute atomic E-state index is 3.83. The van der Waals surface area contributed by atoms with E-state index in [-0.39, 0.29) is 0 Å². The normalized spacial score (nSPS) is 32.4. The zero-order valence-electron chi connectivity index (χ0n) is 10.8. The Labute approximate surface area is 122 Å². The second-order valence-electron chi connectivity index (χ2n) is 5.59. The first kappa shape index (κ1) is 13.0. The number of fused-ring (bicyclic) bond motifs is 1. The van der Waals surface area contributed by atoms with E-state index in [1.165, 1.54) is 36.7 Å². The van der Waals surface area contributed by atoms with E-state index >= 15 is 0 Å². The molecule has 3 heteroatoms. The van der Waals surface area contributed by atoms with Gasteiger partial charge in [0, 0.05) is 34.5 Å². The highest BCUT2D eigenvalue weighted by atomic mass is 79.9. The number of piperidine rings is 1. The van der Waals surface area contributed by atoms with Crippen LogP contribution in [0.5, 0.6) is 0 Å². The van der Waals surface area contributed by atoms with Gasteiger partial charge in [0.05, 0.1) is 0 Å². The van der Waals surface area contributed by atoms with Crippen LogP contribution in [0.25, 0.3) is 0 Å². The molecule has 0 aromatic heterocycles. The van der Waals surface area contributed by atoms with Gasteiger partial charge in [-0.3, -0.25) is 0 Å². The third-order valence-corrected chi connectivity index (χ3v) is 6.67. The zero-order chi connectivity index (χ0) is 12.5. The number of hydrogen-bond donors (Lipinski definition) is 0. The number of rotatable bonds is 2. The van der Waals surface area contributed by atoms with Gasteiger partial charge in [-0.05, 0) is 30.5 Å². The molecule has 0 radical (unpaired) electrons. The van der Waals surface area contributed by atoms with Gasteiger partial charge in [-0.1, -0.05) is 41.1 Å². The molecule has 98 valence electrons.